The monoisotopic (exact) mass is 217 g/mol. The van der Waals surface area contributed by atoms with Gasteiger partial charge in [-0.2, -0.15) is 0 Å². The summed E-state index contributed by atoms with van der Waals surface area (Å²) >= 11 is 11.8. The molecule has 1 aromatic carbocycles. The van der Waals surface area contributed by atoms with Crippen molar-refractivity contribution < 1.29 is 5.11 Å². The third kappa shape index (κ3) is 1.44. The van der Waals surface area contributed by atoms with Crippen LogP contribution in [0, 0.1) is 0 Å². The summed E-state index contributed by atoms with van der Waals surface area (Å²) in [5.41, 5.74) is 7.55. The van der Waals surface area contributed by atoms with Crippen LogP contribution < -0.4 is 5.73 Å². The average Bonchev–Trinajstić information content (AvgIpc) is 2.27. The molecule has 0 radical (unpaired) electrons. The van der Waals surface area contributed by atoms with E-state index in [1.165, 1.54) is 0 Å². The fourth-order valence-electron chi connectivity index (χ4n) is 1.72. The molecule has 2 rings (SSSR count). The maximum atomic E-state index is 9.51. The fraction of sp³-hybridized carbons (Fsp3) is 0.333. The first kappa shape index (κ1) is 9.28. The van der Waals surface area contributed by atoms with Gasteiger partial charge in [-0.1, -0.05) is 23.2 Å². The smallest absolute Gasteiger partial charge is 0.0773 e. The predicted molar refractivity (Wildman–Crippen MR) is 53.1 cm³/mol. The Morgan fingerprint density at radius 3 is 2.77 bits per heavy atom. The zero-order valence-electron chi connectivity index (χ0n) is 6.80. The molecule has 0 unspecified atom stereocenters. The Labute approximate surface area is 86.3 Å². The molecule has 0 heterocycles. The summed E-state index contributed by atoms with van der Waals surface area (Å²) in [6, 6.07) is 3.08. The first-order valence-electron chi connectivity index (χ1n) is 4.01. The van der Waals surface area contributed by atoms with Gasteiger partial charge < -0.3 is 10.8 Å². The summed E-state index contributed by atoms with van der Waals surface area (Å²) < 4.78 is 0. The zero-order chi connectivity index (χ0) is 9.59. The van der Waals surface area contributed by atoms with E-state index in [9.17, 15) is 5.11 Å². The molecule has 0 spiro atoms. The van der Waals surface area contributed by atoms with Gasteiger partial charge in [-0.15, -0.1) is 0 Å². The molecule has 0 fully saturated rings. The molecule has 0 saturated carbocycles. The molecule has 4 heteroatoms. The number of hydrogen-bond donors (Lipinski definition) is 2. The van der Waals surface area contributed by atoms with Crippen molar-refractivity contribution in [3.63, 3.8) is 0 Å². The molecular formula is C9H9Cl2NO. The van der Waals surface area contributed by atoms with Gasteiger partial charge in [0, 0.05) is 16.5 Å². The van der Waals surface area contributed by atoms with Crippen molar-refractivity contribution >= 4 is 23.2 Å². The first-order valence-corrected chi connectivity index (χ1v) is 4.76. The molecule has 2 atom stereocenters. The number of nitrogens with two attached hydrogens (primary N) is 1. The van der Waals surface area contributed by atoms with Crippen LogP contribution in [0.25, 0.3) is 0 Å². The Bertz CT molecular complexity index is 354. The average molecular weight is 218 g/mol. The van der Waals surface area contributed by atoms with E-state index in [4.69, 9.17) is 28.9 Å². The number of hydrogen-bond acceptors (Lipinski definition) is 2. The first-order chi connectivity index (χ1) is 6.09. The van der Waals surface area contributed by atoms with Crippen LogP contribution in [-0.4, -0.2) is 11.2 Å². The van der Waals surface area contributed by atoms with Crippen molar-refractivity contribution in [3.05, 3.63) is 33.3 Å². The molecule has 1 aromatic rings. The van der Waals surface area contributed by atoms with Crippen molar-refractivity contribution in [2.24, 2.45) is 5.73 Å². The highest BCUT2D eigenvalue weighted by Crippen LogP contribution is 2.37. The standard InChI is InChI=1S/C9H9Cl2NO/c10-5-1-4-2-7(13)9(12)8(4)6(11)3-5/h1,3,7,9,13H,2,12H2/t7-,9-/m0/s1. The maximum absolute atomic E-state index is 9.51. The van der Waals surface area contributed by atoms with Gasteiger partial charge in [0.2, 0.25) is 0 Å². The molecule has 0 aliphatic heterocycles. The Hall–Kier alpha value is -0.280. The molecule has 13 heavy (non-hydrogen) atoms. The van der Waals surface area contributed by atoms with Crippen LogP contribution in [0.5, 0.6) is 0 Å². The van der Waals surface area contributed by atoms with Gasteiger partial charge >= 0.3 is 0 Å². The predicted octanol–water partition coefficient (Wildman–Crippen LogP) is 1.91. The van der Waals surface area contributed by atoms with Crippen LogP contribution in [0.1, 0.15) is 17.2 Å². The van der Waals surface area contributed by atoms with E-state index in [2.05, 4.69) is 0 Å². The van der Waals surface area contributed by atoms with Crippen molar-refractivity contribution in [3.8, 4) is 0 Å². The van der Waals surface area contributed by atoms with Gasteiger partial charge in [-0.3, -0.25) is 0 Å². The molecule has 0 amide bonds. The minimum atomic E-state index is -0.536. The van der Waals surface area contributed by atoms with E-state index in [1.807, 2.05) is 0 Å². The molecule has 3 N–H and O–H groups in total. The molecule has 2 nitrogen and oxygen atoms in total. The molecule has 0 saturated heterocycles. The SMILES string of the molecule is N[C@@H]1c2c(Cl)cc(Cl)cc2C[C@@H]1O. The Balaban J connectivity index is 2.57. The second kappa shape index (κ2) is 3.14. The molecular weight excluding hydrogens is 209 g/mol. The van der Waals surface area contributed by atoms with Crippen LogP contribution in [0.15, 0.2) is 12.1 Å². The van der Waals surface area contributed by atoms with Gasteiger partial charge in [0.05, 0.1) is 12.1 Å². The quantitative estimate of drug-likeness (QED) is 0.698. The lowest BCUT2D eigenvalue weighted by atomic mass is 10.1. The van der Waals surface area contributed by atoms with Gasteiger partial charge in [-0.05, 0) is 23.3 Å². The van der Waals surface area contributed by atoms with E-state index in [0.717, 1.165) is 11.1 Å². The summed E-state index contributed by atoms with van der Waals surface area (Å²) in [7, 11) is 0. The number of fused-ring (bicyclic) bond motifs is 1. The van der Waals surface area contributed by atoms with Crippen LogP contribution >= 0.6 is 23.2 Å². The third-order valence-corrected chi connectivity index (χ3v) is 2.89. The van der Waals surface area contributed by atoms with Crippen LogP contribution in [0.4, 0.5) is 0 Å². The van der Waals surface area contributed by atoms with Gasteiger partial charge in [0.1, 0.15) is 0 Å². The van der Waals surface area contributed by atoms with Crippen LogP contribution in [0.3, 0.4) is 0 Å². The molecule has 0 aromatic heterocycles. The van der Waals surface area contributed by atoms with Crippen molar-refractivity contribution in [1.29, 1.82) is 0 Å². The van der Waals surface area contributed by atoms with E-state index < -0.39 is 6.10 Å². The lowest BCUT2D eigenvalue weighted by Gasteiger charge is -2.10. The van der Waals surface area contributed by atoms with E-state index in [-0.39, 0.29) is 6.04 Å². The third-order valence-electron chi connectivity index (χ3n) is 2.36. The van der Waals surface area contributed by atoms with E-state index in [0.29, 0.717) is 16.5 Å². The highest BCUT2D eigenvalue weighted by atomic mass is 35.5. The topological polar surface area (TPSA) is 46.2 Å². The summed E-state index contributed by atoms with van der Waals surface area (Å²) in [6.07, 6.45) is 0.00233. The molecule has 70 valence electrons. The number of aliphatic hydroxyl groups excluding tert-OH is 1. The highest BCUT2D eigenvalue weighted by molar-refractivity contribution is 6.35. The van der Waals surface area contributed by atoms with Gasteiger partial charge in [0.15, 0.2) is 0 Å². The fourth-order valence-corrected chi connectivity index (χ4v) is 2.39. The van der Waals surface area contributed by atoms with Crippen molar-refractivity contribution in [2.75, 3.05) is 0 Å². The number of halogens is 2. The van der Waals surface area contributed by atoms with Gasteiger partial charge in [-0.25, -0.2) is 0 Å². The second-order valence-corrected chi connectivity index (χ2v) is 4.10. The van der Waals surface area contributed by atoms with Crippen molar-refractivity contribution in [2.45, 2.75) is 18.6 Å². The zero-order valence-corrected chi connectivity index (χ0v) is 8.31. The van der Waals surface area contributed by atoms with Gasteiger partial charge in [0.25, 0.3) is 0 Å². The largest absolute Gasteiger partial charge is 0.391 e. The van der Waals surface area contributed by atoms with Crippen molar-refractivity contribution in [1.82, 2.24) is 0 Å². The lowest BCUT2D eigenvalue weighted by Crippen LogP contribution is -2.21. The number of benzene rings is 1. The van der Waals surface area contributed by atoms with E-state index in [1.54, 1.807) is 12.1 Å². The Morgan fingerprint density at radius 1 is 1.38 bits per heavy atom. The molecule has 1 aliphatic rings. The minimum absolute atomic E-state index is 0.375. The molecule has 1 aliphatic carbocycles. The highest BCUT2D eigenvalue weighted by Gasteiger charge is 2.30. The number of aliphatic hydroxyl groups is 1. The summed E-state index contributed by atoms with van der Waals surface area (Å²) in [5.74, 6) is 0. The summed E-state index contributed by atoms with van der Waals surface area (Å²) in [6.45, 7) is 0. The maximum Gasteiger partial charge on any atom is 0.0773 e. The van der Waals surface area contributed by atoms with Crippen LogP contribution in [-0.2, 0) is 6.42 Å². The second-order valence-electron chi connectivity index (χ2n) is 3.26. The lowest BCUT2D eigenvalue weighted by molar-refractivity contribution is 0.158. The number of rotatable bonds is 0. The Morgan fingerprint density at radius 2 is 2.08 bits per heavy atom. The molecule has 0 bridgehead atoms. The van der Waals surface area contributed by atoms with Crippen LogP contribution in [0.2, 0.25) is 10.0 Å². The normalized spacial score (nSPS) is 26.2. The van der Waals surface area contributed by atoms with E-state index >= 15 is 0 Å². The minimum Gasteiger partial charge on any atom is -0.391 e. The summed E-state index contributed by atoms with van der Waals surface area (Å²) in [5, 5.41) is 10.6. The Kier molecular flexibility index (Phi) is 2.24. The summed E-state index contributed by atoms with van der Waals surface area (Å²) in [4.78, 5) is 0.